The molecule has 0 aliphatic heterocycles. The van der Waals surface area contributed by atoms with Gasteiger partial charge in [0.15, 0.2) is 0 Å². The number of carbonyl (C=O) groups excluding carboxylic acids is 4. The van der Waals surface area contributed by atoms with Crippen LogP contribution in [0.25, 0.3) is 0 Å². The Hall–Kier alpha value is -3.47. The number of amides is 3. The van der Waals surface area contributed by atoms with Gasteiger partial charge in [-0.3, -0.25) is 19.2 Å². The molecule has 0 saturated heterocycles. The lowest BCUT2D eigenvalue weighted by Gasteiger charge is -2.09. The summed E-state index contributed by atoms with van der Waals surface area (Å²) in [6.07, 6.45) is 1.25. The molecule has 1 unspecified atom stereocenters. The first-order chi connectivity index (χ1) is 20.2. The highest BCUT2D eigenvalue weighted by Crippen LogP contribution is 2.06. The molecule has 15 heteroatoms. The number of nitrogens with one attached hydrogen (secondary N) is 3. The summed E-state index contributed by atoms with van der Waals surface area (Å²) in [5.41, 5.74) is 12.8. The predicted molar refractivity (Wildman–Crippen MR) is 150 cm³/mol. The minimum absolute atomic E-state index is 0.0176. The fourth-order valence-electron chi connectivity index (χ4n) is 3.21. The van der Waals surface area contributed by atoms with E-state index in [-0.39, 0.29) is 96.5 Å². The second-order valence-corrected chi connectivity index (χ2v) is 9.11. The van der Waals surface area contributed by atoms with Crippen LogP contribution < -0.4 is 27.4 Å². The molecule has 0 spiro atoms. The third-order valence-electron chi connectivity index (χ3n) is 5.51. The maximum Gasteiger partial charge on any atom is 0.320 e. The summed E-state index contributed by atoms with van der Waals surface area (Å²) in [5.74, 6) is -2.03. The van der Waals surface area contributed by atoms with Crippen LogP contribution in [0.4, 0.5) is 0 Å². The molecule has 8 N–H and O–H groups in total. The minimum atomic E-state index is -1.15. The van der Waals surface area contributed by atoms with Crippen molar-refractivity contribution in [1.29, 1.82) is 0 Å². The fourth-order valence-corrected chi connectivity index (χ4v) is 3.21. The van der Waals surface area contributed by atoms with Gasteiger partial charge in [-0.2, -0.15) is 0 Å². The van der Waals surface area contributed by atoms with E-state index in [1.807, 2.05) is 24.3 Å². The molecule has 0 aromatic heterocycles. The van der Waals surface area contributed by atoms with Crippen LogP contribution in [-0.4, -0.2) is 113 Å². The van der Waals surface area contributed by atoms with Gasteiger partial charge in [0.2, 0.25) is 17.7 Å². The lowest BCUT2D eigenvalue weighted by Crippen LogP contribution is -2.33. The number of carboxylic acid groups (broad SMARTS) is 1. The van der Waals surface area contributed by atoms with Crippen LogP contribution in [0.1, 0.15) is 24.0 Å². The van der Waals surface area contributed by atoms with Gasteiger partial charge in [-0.1, -0.05) is 24.3 Å². The van der Waals surface area contributed by atoms with Crippen LogP contribution in [0.2, 0.25) is 0 Å². The topological polar surface area (TPSA) is 231 Å². The highest BCUT2D eigenvalue weighted by Gasteiger charge is 2.13. The van der Waals surface area contributed by atoms with Gasteiger partial charge in [-0.05, 0) is 24.0 Å². The molecule has 42 heavy (non-hydrogen) atoms. The van der Waals surface area contributed by atoms with Crippen LogP contribution in [0.3, 0.4) is 0 Å². The maximum absolute atomic E-state index is 11.9. The van der Waals surface area contributed by atoms with Gasteiger partial charge in [0.25, 0.3) is 0 Å². The van der Waals surface area contributed by atoms with E-state index in [1.54, 1.807) is 0 Å². The van der Waals surface area contributed by atoms with Crippen LogP contribution in [0, 0.1) is 0 Å². The Kier molecular flexibility index (Phi) is 20.1. The maximum atomic E-state index is 11.9. The van der Waals surface area contributed by atoms with Crippen LogP contribution in [0.15, 0.2) is 24.3 Å². The highest BCUT2D eigenvalue weighted by molar-refractivity contribution is 5.78. The molecule has 0 radical (unpaired) electrons. The molecule has 1 aromatic carbocycles. The summed E-state index contributed by atoms with van der Waals surface area (Å²) >= 11 is 0. The highest BCUT2D eigenvalue weighted by atomic mass is 16.5. The SMILES string of the molecule is NC(C=O)Cc1ccc(CNC(=O)COCCOCCNC(=O)COCCOCCNC(=O)CC[C@H](N)C(=O)O)cc1. The van der Waals surface area contributed by atoms with Gasteiger partial charge in [-0.15, -0.1) is 0 Å². The first-order valence-corrected chi connectivity index (χ1v) is 13.6. The summed E-state index contributed by atoms with van der Waals surface area (Å²) in [4.78, 5) is 56.4. The first-order valence-electron chi connectivity index (χ1n) is 13.6. The molecule has 15 nitrogen and oxygen atoms in total. The Morgan fingerprint density at radius 3 is 1.79 bits per heavy atom. The quantitative estimate of drug-likeness (QED) is 0.0524. The number of aliphatic carboxylic acids is 1. The summed E-state index contributed by atoms with van der Waals surface area (Å²) in [5, 5.41) is 16.7. The average molecular weight is 598 g/mol. The summed E-state index contributed by atoms with van der Waals surface area (Å²) < 4.78 is 21.1. The number of benzene rings is 1. The van der Waals surface area contributed by atoms with Crippen molar-refractivity contribution in [2.24, 2.45) is 11.5 Å². The molecule has 1 aromatic rings. The zero-order valence-corrected chi connectivity index (χ0v) is 23.7. The lowest BCUT2D eigenvalue weighted by molar-refractivity contribution is -0.138. The zero-order chi connectivity index (χ0) is 31.0. The van der Waals surface area contributed by atoms with Crippen molar-refractivity contribution in [2.45, 2.75) is 37.9 Å². The fraction of sp³-hybridized carbons (Fsp3) is 0.593. The van der Waals surface area contributed by atoms with Crippen LogP contribution in [-0.2, 0) is 55.9 Å². The molecule has 1 rings (SSSR count). The van der Waals surface area contributed by atoms with Crippen molar-refractivity contribution in [3.63, 3.8) is 0 Å². The third kappa shape index (κ3) is 19.6. The second-order valence-electron chi connectivity index (χ2n) is 9.11. The molecule has 0 aliphatic rings. The number of hydrogen-bond acceptors (Lipinski definition) is 11. The molecular weight excluding hydrogens is 554 g/mol. The van der Waals surface area contributed by atoms with E-state index in [9.17, 15) is 24.0 Å². The first kappa shape index (κ1) is 36.6. The number of ether oxygens (including phenoxy) is 4. The Bertz CT molecular complexity index is 948. The van der Waals surface area contributed by atoms with E-state index in [0.29, 0.717) is 19.3 Å². The monoisotopic (exact) mass is 597 g/mol. The summed E-state index contributed by atoms with van der Waals surface area (Å²) in [6, 6.07) is 5.87. The van der Waals surface area contributed by atoms with E-state index in [4.69, 9.17) is 35.5 Å². The van der Waals surface area contributed by atoms with Crippen LogP contribution >= 0.6 is 0 Å². The van der Waals surface area contributed by atoms with Gasteiger partial charge >= 0.3 is 5.97 Å². The van der Waals surface area contributed by atoms with E-state index < -0.39 is 18.1 Å². The molecule has 236 valence electrons. The lowest BCUT2D eigenvalue weighted by atomic mass is 10.1. The number of aldehydes is 1. The van der Waals surface area contributed by atoms with Crippen molar-refractivity contribution >= 4 is 30.0 Å². The van der Waals surface area contributed by atoms with Gasteiger partial charge in [0, 0.05) is 26.1 Å². The van der Waals surface area contributed by atoms with Crippen molar-refractivity contribution in [2.75, 3.05) is 65.9 Å². The standard InChI is InChI=1S/C27H43N5O10/c28-22(17-33)15-20-1-3-21(4-2-20)16-32-26(36)19-42-14-12-40-10-8-31-25(35)18-41-13-11-39-9-7-30-24(34)6-5-23(29)27(37)38/h1-4,17,22-23H,5-16,18-19,28-29H2,(H,30,34)(H,31,35)(H,32,36)(H,37,38)/t22?,23-/m0/s1. The van der Waals surface area contributed by atoms with Gasteiger partial charge in [0.1, 0.15) is 25.5 Å². The van der Waals surface area contributed by atoms with Crippen molar-refractivity contribution < 1.29 is 48.0 Å². The summed E-state index contributed by atoms with van der Waals surface area (Å²) in [7, 11) is 0. The summed E-state index contributed by atoms with van der Waals surface area (Å²) in [6.45, 7) is 2.08. The number of nitrogens with two attached hydrogens (primary N) is 2. The third-order valence-corrected chi connectivity index (χ3v) is 5.51. The van der Waals surface area contributed by atoms with Crippen LogP contribution in [0.5, 0.6) is 0 Å². The smallest absolute Gasteiger partial charge is 0.320 e. The molecule has 0 heterocycles. The minimum Gasteiger partial charge on any atom is -0.480 e. The van der Waals surface area contributed by atoms with Crippen molar-refractivity contribution in [3.8, 4) is 0 Å². The molecule has 0 fully saturated rings. The molecule has 3 amide bonds. The predicted octanol–water partition coefficient (Wildman–Crippen LogP) is -2.14. The second kappa shape index (κ2) is 23.1. The Morgan fingerprint density at radius 1 is 0.738 bits per heavy atom. The molecule has 0 saturated carbocycles. The van der Waals surface area contributed by atoms with Gasteiger partial charge in [0.05, 0.1) is 45.7 Å². The van der Waals surface area contributed by atoms with E-state index in [2.05, 4.69) is 16.0 Å². The average Bonchev–Trinajstić information content (AvgIpc) is 2.97. The van der Waals surface area contributed by atoms with E-state index in [1.165, 1.54) is 0 Å². The van der Waals surface area contributed by atoms with E-state index in [0.717, 1.165) is 11.1 Å². The molecule has 2 atom stereocenters. The Morgan fingerprint density at radius 2 is 1.24 bits per heavy atom. The van der Waals surface area contributed by atoms with Crippen molar-refractivity contribution in [1.82, 2.24) is 16.0 Å². The number of carboxylic acids is 1. The normalized spacial score (nSPS) is 12.2. The molecular formula is C27H43N5O10. The van der Waals surface area contributed by atoms with Gasteiger partial charge in [-0.25, -0.2) is 0 Å². The Balaban J connectivity index is 1.90. The number of carbonyl (C=O) groups is 5. The number of hydrogen-bond donors (Lipinski definition) is 6. The Labute approximate surface area is 244 Å². The molecule has 0 bridgehead atoms. The van der Waals surface area contributed by atoms with Crippen molar-refractivity contribution in [3.05, 3.63) is 35.4 Å². The zero-order valence-electron chi connectivity index (χ0n) is 23.7. The largest absolute Gasteiger partial charge is 0.480 e. The van der Waals surface area contributed by atoms with E-state index >= 15 is 0 Å². The van der Waals surface area contributed by atoms with Gasteiger partial charge < -0.3 is 56.3 Å². The molecule has 0 aliphatic carbocycles. The number of rotatable bonds is 25.